The van der Waals surface area contributed by atoms with E-state index < -0.39 is 11.4 Å². The van der Waals surface area contributed by atoms with E-state index in [0.717, 1.165) is 0 Å². The quantitative estimate of drug-likeness (QED) is 0.364. The van der Waals surface area contributed by atoms with Gasteiger partial charge in [0.25, 0.3) is 0 Å². The van der Waals surface area contributed by atoms with Crippen LogP contribution in [0.3, 0.4) is 0 Å². The van der Waals surface area contributed by atoms with Crippen LogP contribution >= 0.6 is 0 Å². The van der Waals surface area contributed by atoms with Crippen molar-refractivity contribution in [1.82, 2.24) is 0 Å². The molecule has 0 N–H and O–H groups in total. The maximum Gasteiger partial charge on any atom is 2.00 e. The second-order valence-corrected chi connectivity index (χ2v) is 0.612. The van der Waals surface area contributed by atoms with Gasteiger partial charge in [-0.3, -0.25) is 4.21 Å². The van der Waals surface area contributed by atoms with Crippen LogP contribution in [0, 0.1) is 0 Å². The molecule has 0 aliphatic rings. The van der Waals surface area contributed by atoms with Gasteiger partial charge in [0, 0.05) is 17.1 Å². The van der Waals surface area contributed by atoms with Gasteiger partial charge < -0.3 is 9.11 Å². The van der Waals surface area contributed by atoms with E-state index in [4.69, 9.17) is 13.3 Å². The van der Waals surface area contributed by atoms with E-state index in [1.54, 1.807) is 0 Å². The smallest absolute Gasteiger partial charge is 0.784 e. The van der Waals surface area contributed by atoms with Gasteiger partial charge in [-0.25, -0.2) is 0 Å². The molecule has 0 heterocycles. The molecule has 0 radical (unpaired) electrons. The summed E-state index contributed by atoms with van der Waals surface area (Å²) < 4.78 is 25.3. The zero-order valence-electron chi connectivity index (χ0n) is 2.34. The fourth-order valence-corrected chi connectivity index (χ4v) is 0. The molecule has 0 amide bonds. The molecule has 6 heteroatoms. The van der Waals surface area contributed by atoms with E-state index in [1.165, 1.54) is 0 Å². The molecule has 0 fully saturated rings. The minimum Gasteiger partial charge on any atom is -0.784 e. The Labute approximate surface area is 58.9 Å². The fraction of sp³-hybridized carbons (Fsp3) is 0. The van der Waals surface area contributed by atoms with Crippen molar-refractivity contribution >= 4 is 11.4 Å². The third-order valence-electron chi connectivity index (χ3n) is 0. The minimum atomic E-state index is -3.11. The van der Waals surface area contributed by atoms with E-state index >= 15 is 0 Å². The predicted molar refractivity (Wildman–Crippen MR) is 9.70 cm³/mol. The molecule has 6 heavy (non-hydrogen) atoms. The van der Waals surface area contributed by atoms with Crippen molar-refractivity contribution in [3.8, 4) is 0 Å². The van der Waals surface area contributed by atoms with Crippen LogP contribution in [-0.4, -0.2) is 13.3 Å². The van der Waals surface area contributed by atoms with E-state index in [-0.39, 0.29) is 34.1 Å². The van der Waals surface area contributed by atoms with Gasteiger partial charge >= 0.3 is 17.1 Å². The van der Waals surface area contributed by atoms with Crippen molar-refractivity contribution in [2.75, 3.05) is 0 Å². The van der Waals surface area contributed by atoms with Crippen LogP contribution in [-0.2, 0) is 45.5 Å². The van der Waals surface area contributed by atoms with Crippen molar-refractivity contribution < 1.29 is 47.5 Å². The van der Waals surface area contributed by atoms with Crippen LogP contribution in [0.1, 0.15) is 0 Å². The second-order valence-electron chi connectivity index (χ2n) is 0.204. The summed E-state index contributed by atoms with van der Waals surface area (Å²) in [6.45, 7) is 0. The van der Waals surface area contributed by atoms with Crippen LogP contribution < -0.4 is 0 Å². The van der Waals surface area contributed by atoms with E-state index in [0.29, 0.717) is 0 Å². The van der Waals surface area contributed by atoms with E-state index in [1.807, 2.05) is 0 Å². The Balaban J connectivity index is -0.0000000450. The zero-order chi connectivity index (χ0) is 3.58. The molecule has 0 aromatic rings. The summed E-state index contributed by atoms with van der Waals surface area (Å²) in [6, 6.07) is 0. The average molecular weight is 192 g/mol. The topological polar surface area (TPSA) is 63.2 Å². The van der Waals surface area contributed by atoms with Crippen LogP contribution in [0.5, 0.6) is 0 Å². The summed E-state index contributed by atoms with van der Waals surface area (Å²) in [7, 11) is 0. The molecule has 0 unspecified atom stereocenters. The maximum atomic E-state index is 8.44. The van der Waals surface area contributed by atoms with Gasteiger partial charge in [-0.15, -0.1) is 11.4 Å². The number of hydrogen-bond acceptors (Lipinski definition) is 3. The average Bonchev–Trinajstić information content (AvgIpc) is 0.811. The van der Waals surface area contributed by atoms with Crippen molar-refractivity contribution in [2.45, 2.75) is 0 Å². The van der Waals surface area contributed by atoms with Gasteiger partial charge in [0.2, 0.25) is 0 Å². The van der Waals surface area contributed by atoms with Gasteiger partial charge in [0.1, 0.15) is 0 Å². The summed E-state index contributed by atoms with van der Waals surface area (Å²) in [4.78, 5) is 0. The predicted octanol–water partition coefficient (Wildman–Crippen LogP) is -1.01. The van der Waals surface area contributed by atoms with Crippen LogP contribution in [0.2, 0.25) is 0 Å². The Hall–Kier alpha value is 1.11. The summed E-state index contributed by atoms with van der Waals surface area (Å²) in [5.74, 6) is 0. The van der Waals surface area contributed by atoms with Gasteiger partial charge in [-0.2, -0.15) is 0 Å². The molecule has 0 bridgehead atoms. The molecule has 3 nitrogen and oxygen atoms in total. The molecule has 0 atom stereocenters. The van der Waals surface area contributed by atoms with Gasteiger partial charge in [0.05, 0.1) is 0 Å². The molecule has 0 aromatic carbocycles. The minimum absolute atomic E-state index is 0. The van der Waals surface area contributed by atoms with Crippen molar-refractivity contribution in [3.63, 3.8) is 0 Å². The molecule has 0 rings (SSSR count). The van der Waals surface area contributed by atoms with Crippen LogP contribution in [0.15, 0.2) is 0 Å². The normalized spacial score (nSPS) is 5.83. The number of rotatable bonds is 0. The van der Waals surface area contributed by atoms with E-state index in [9.17, 15) is 0 Å². The SMILES string of the molecule is O=S([O-])[O-].[Fe+2].[Fe]. The van der Waals surface area contributed by atoms with Crippen LogP contribution in [0.4, 0.5) is 0 Å². The number of hydrogen-bond donors (Lipinski definition) is 0. The summed E-state index contributed by atoms with van der Waals surface area (Å²) >= 11 is -3.11. The molecular formula is Fe2O3S. The molecule has 40 valence electrons. The third kappa shape index (κ3) is 70.1. The van der Waals surface area contributed by atoms with Crippen molar-refractivity contribution in [3.05, 3.63) is 0 Å². The Morgan fingerprint density at radius 2 is 1.33 bits per heavy atom. The molecule has 0 aliphatic carbocycles. The molecular weight excluding hydrogens is 192 g/mol. The maximum absolute atomic E-state index is 8.44. The Morgan fingerprint density at radius 3 is 1.33 bits per heavy atom. The third-order valence-corrected chi connectivity index (χ3v) is 0. The first-order valence-corrected chi connectivity index (χ1v) is 1.50. The molecule has 0 saturated carbocycles. The van der Waals surface area contributed by atoms with E-state index in [2.05, 4.69) is 0 Å². The van der Waals surface area contributed by atoms with Crippen molar-refractivity contribution in [2.24, 2.45) is 0 Å². The van der Waals surface area contributed by atoms with Crippen molar-refractivity contribution in [1.29, 1.82) is 0 Å². The first-order valence-electron chi connectivity index (χ1n) is 0.500. The molecule has 0 aromatic heterocycles. The molecule has 0 spiro atoms. The van der Waals surface area contributed by atoms with Gasteiger partial charge in [-0.1, -0.05) is 0 Å². The summed E-state index contributed by atoms with van der Waals surface area (Å²) in [6.07, 6.45) is 0. The Bertz CT molecular complexity index is 31.8. The molecule has 0 aliphatic heterocycles. The Kier molecular flexibility index (Phi) is 24.7. The van der Waals surface area contributed by atoms with Gasteiger partial charge in [-0.05, 0) is 0 Å². The second kappa shape index (κ2) is 9.44. The first-order chi connectivity index (χ1) is 1.73. The van der Waals surface area contributed by atoms with Crippen LogP contribution in [0.25, 0.3) is 0 Å². The van der Waals surface area contributed by atoms with Gasteiger partial charge in [0.15, 0.2) is 0 Å². The fourth-order valence-electron chi connectivity index (χ4n) is 0. The summed E-state index contributed by atoms with van der Waals surface area (Å²) in [5.41, 5.74) is 0. The first kappa shape index (κ1) is 15.7. The Morgan fingerprint density at radius 1 is 1.33 bits per heavy atom. The monoisotopic (exact) mass is 192 g/mol. The largest absolute Gasteiger partial charge is 2.00 e. The molecule has 0 saturated heterocycles. The zero-order valence-corrected chi connectivity index (χ0v) is 5.36. The summed E-state index contributed by atoms with van der Waals surface area (Å²) in [5, 5.41) is 0. The standard InChI is InChI=1S/2Fe.H2O3S/c;;1-4(2)3/h;;(H2,1,2,3)/q;+2;/p-2.